The lowest BCUT2D eigenvalue weighted by atomic mass is 9.97. The van der Waals surface area contributed by atoms with Crippen LogP contribution in [0.4, 0.5) is 0 Å². The Morgan fingerprint density at radius 1 is 1.43 bits per heavy atom. The van der Waals surface area contributed by atoms with E-state index >= 15 is 0 Å². The second-order valence-corrected chi connectivity index (χ2v) is 3.76. The molecule has 0 saturated carbocycles. The van der Waals surface area contributed by atoms with E-state index in [0.29, 0.717) is 12.0 Å². The molecule has 1 saturated heterocycles. The minimum Gasteiger partial charge on any atom is -0.497 e. The molecule has 76 valence electrons. The highest BCUT2D eigenvalue weighted by Crippen LogP contribution is 2.26. The number of benzene rings is 1. The van der Waals surface area contributed by atoms with Crippen LogP contribution in [0, 0.1) is 5.92 Å². The average Bonchev–Trinajstić information content (AvgIpc) is 2.65. The lowest BCUT2D eigenvalue weighted by Crippen LogP contribution is -2.24. The van der Waals surface area contributed by atoms with E-state index in [0.717, 1.165) is 12.3 Å². The maximum Gasteiger partial charge on any atom is 0.119 e. The molecule has 2 rings (SSSR count). The number of methoxy groups -OCH3 is 1. The molecule has 0 spiro atoms. The number of hydrogen-bond acceptors (Lipinski definition) is 3. The summed E-state index contributed by atoms with van der Waals surface area (Å²) in [5.41, 5.74) is 7.72. The van der Waals surface area contributed by atoms with Crippen molar-refractivity contribution in [3.8, 4) is 5.75 Å². The molecule has 2 atom stereocenters. The highest BCUT2D eigenvalue weighted by Gasteiger charge is 2.24. The number of hydrogen-bond donors (Lipinski definition) is 2. The number of nitrogens with one attached hydrogen (secondary N) is 2. The van der Waals surface area contributed by atoms with Crippen LogP contribution in [0.15, 0.2) is 24.3 Å². The molecule has 1 fully saturated rings. The minimum atomic E-state index is 0.394. The van der Waals surface area contributed by atoms with Crippen LogP contribution in [0.1, 0.15) is 18.5 Å². The van der Waals surface area contributed by atoms with Gasteiger partial charge in [-0.2, -0.15) is 0 Å². The molecule has 14 heavy (non-hydrogen) atoms. The van der Waals surface area contributed by atoms with Crippen molar-refractivity contribution in [1.29, 1.82) is 0 Å². The quantitative estimate of drug-likeness (QED) is 0.744. The SMILES string of the molecule is COc1cccc(C2NNCC2C)c1. The van der Waals surface area contributed by atoms with Crippen molar-refractivity contribution in [3.05, 3.63) is 29.8 Å². The van der Waals surface area contributed by atoms with Crippen molar-refractivity contribution in [2.24, 2.45) is 5.92 Å². The van der Waals surface area contributed by atoms with E-state index in [4.69, 9.17) is 4.74 Å². The molecule has 1 aliphatic rings. The minimum absolute atomic E-state index is 0.394. The highest BCUT2D eigenvalue weighted by atomic mass is 16.5. The van der Waals surface area contributed by atoms with Crippen LogP contribution in [0.25, 0.3) is 0 Å². The lowest BCUT2D eigenvalue weighted by molar-refractivity contribution is 0.412. The molecule has 1 aliphatic heterocycles. The first-order chi connectivity index (χ1) is 6.81. The van der Waals surface area contributed by atoms with Crippen molar-refractivity contribution in [2.45, 2.75) is 13.0 Å². The van der Waals surface area contributed by atoms with Gasteiger partial charge >= 0.3 is 0 Å². The molecule has 0 aliphatic carbocycles. The van der Waals surface area contributed by atoms with E-state index in [1.54, 1.807) is 7.11 Å². The van der Waals surface area contributed by atoms with Gasteiger partial charge in [-0.1, -0.05) is 19.1 Å². The van der Waals surface area contributed by atoms with Gasteiger partial charge in [0.2, 0.25) is 0 Å². The van der Waals surface area contributed by atoms with Crippen molar-refractivity contribution < 1.29 is 4.74 Å². The smallest absolute Gasteiger partial charge is 0.119 e. The second-order valence-electron chi connectivity index (χ2n) is 3.76. The Balaban J connectivity index is 2.22. The van der Waals surface area contributed by atoms with Crippen LogP contribution < -0.4 is 15.6 Å². The molecule has 1 heterocycles. The van der Waals surface area contributed by atoms with Crippen molar-refractivity contribution >= 4 is 0 Å². The third-order valence-electron chi connectivity index (χ3n) is 2.70. The molecule has 3 nitrogen and oxygen atoms in total. The fourth-order valence-electron chi connectivity index (χ4n) is 1.84. The lowest BCUT2D eigenvalue weighted by Gasteiger charge is -2.15. The highest BCUT2D eigenvalue weighted by molar-refractivity contribution is 5.31. The van der Waals surface area contributed by atoms with Gasteiger partial charge in [-0.3, -0.25) is 10.9 Å². The maximum absolute atomic E-state index is 5.20. The largest absolute Gasteiger partial charge is 0.497 e. The van der Waals surface area contributed by atoms with Crippen LogP contribution in [-0.4, -0.2) is 13.7 Å². The predicted octanol–water partition coefficient (Wildman–Crippen LogP) is 1.48. The molecule has 1 aromatic rings. The van der Waals surface area contributed by atoms with E-state index in [-0.39, 0.29) is 0 Å². The Hall–Kier alpha value is -1.06. The van der Waals surface area contributed by atoms with E-state index in [1.165, 1.54) is 5.56 Å². The fourth-order valence-corrected chi connectivity index (χ4v) is 1.84. The van der Waals surface area contributed by atoms with Crippen LogP contribution >= 0.6 is 0 Å². The van der Waals surface area contributed by atoms with Gasteiger partial charge in [0, 0.05) is 6.54 Å². The Labute approximate surface area is 84.4 Å². The molecule has 0 radical (unpaired) electrons. The molecule has 0 amide bonds. The van der Waals surface area contributed by atoms with Crippen LogP contribution in [0.2, 0.25) is 0 Å². The van der Waals surface area contributed by atoms with Crippen molar-refractivity contribution in [3.63, 3.8) is 0 Å². The van der Waals surface area contributed by atoms with Crippen LogP contribution in [-0.2, 0) is 0 Å². The van der Waals surface area contributed by atoms with Gasteiger partial charge in [0.1, 0.15) is 5.75 Å². The second kappa shape index (κ2) is 3.98. The van der Waals surface area contributed by atoms with Gasteiger partial charge in [0.05, 0.1) is 13.2 Å². The van der Waals surface area contributed by atoms with Crippen LogP contribution in [0.5, 0.6) is 5.75 Å². The number of rotatable bonds is 2. The molecular weight excluding hydrogens is 176 g/mol. The third kappa shape index (κ3) is 1.74. The van der Waals surface area contributed by atoms with Gasteiger partial charge in [-0.15, -0.1) is 0 Å². The summed E-state index contributed by atoms with van der Waals surface area (Å²) in [6.07, 6.45) is 0. The predicted molar refractivity (Wildman–Crippen MR) is 56.0 cm³/mol. The summed E-state index contributed by atoms with van der Waals surface area (Å²) in [5.74, 6) is 1.53. The standard InChI is InChI=1S/C11H16N2O/c1-8-7-12-13-11(8)9-4-3-5-10(6-9)14-2/h3-6,8,11-13H,7H2,1-2H3. The Kier molecular flexibility index (Phi) is 2.70. The van der Waals surface area contributed by atoms with E-state index in [1.807, 2.05) is 12.1 Å². The number of ether oxygens (including phenoxy) is 1. The molecule has 3 heteroatoms. The van der Waals surface area contributed by atoms with Crippen molar-refractivity contribution in [1.82, 2.24) is 10.9 Å². The summed E-state index contributed by atoms with van der Waals surface area (Å²) in [5, 5.41) is 0. The fraction of sp³-hybridized carbons (Fsp3) is 0.455. The summed E-state index contributed by atoms with van der Waals surface area (Å²) in [6.45, 7) is 3.25. The first-order valence-electron chi connectivity index (χ1n) is 4.93. The van der Waals surface area contributed by atoms with Gasteiger partial charge in [-0.25, -0.2) is 0 Å². The van der Waals surface area contributed by atoms with Crippen LogP contribution in [0.3, 0.4) is 0 Å². The molecule has 2 N–H and O–H groups in total. The number of hydrazine groups is 1. The zero-order valence-electron chi connectivity index (χ0n) is 8.58. The summed E-state index contributed by atoms with van der Waals surface area (Å²) >= 11 is 0. The third-order valence-corrected chi connectivity index (χ3v) is 2.70. The molecule has 1 aromatic carbocycles. The Bertz CT molecular complexity index is 314. The van der Waals surface area contributed by atoms with E-state index < -0.39 is 0 Å². The Morgan fingerprint density at radius 2 is 2.29 bits per heavy atom. The first kappa shape index (κ1) is 9.49. The maximum atomic E-state index is 5.20. The average molecular weight is 192 g/mol. The van der Waals surface area contributed by atoms with Gasteiger partial charge in [0.15, 0.2) is 0 Å². The zero-order valence-corrected chi connectivity index (χ0v) is 8.58. The summed E-state index contributed by atoms with van der Waals surface area (Å²) in [4.78, 5) is 0. The monoisotopic (exact) mass is 192 g/mol. The molecule has 0 aromatic heterocycles. The summed E-state index contributed by atoms with van der Waals surface area (Å²) in [6, 6.07) is 8.60. The van der Waals surface area contributed by atoms with Gasteiger partial charge in [-0.05, 0) is 23.6 Å². The summed E-state index contributed by atoms with van der Waals surface area (Å²) in [7, 11) is 1.70. The van der Waals surface area contributed by atoms with Gasteiger partial charge < -0.3 is 4.74 Å². The zero-order chi connectivity index (χ0) is 9.97. The van der Waals surface area contributed by atoms with E-state index in [2.05, 4.69) is 29.9 Å². The summed E-state index contributed by atoms with van der Waals surface area (Å²) < 4.78 is 5.20. The molecule has 2 unspecified atom stereocenters. The van der Waals surface area contributed by atoms with Gasteiger partial charge in [0.25, 0.3) is 0 Å². The molecule has 0 bridgehead atoms. The van der Waals surface area contributed by atoms with E-state index in [9.17, 15) is 0 Å². The topological polar surface area (TPSA) is 33.3 Å². The first-order valence-corrected chi connectivity index (χ1v) is 4.93. The molecular formula is C11H16N2O. The van der Waals surface area contributed by atoms with Crippen molar-refractivity contribution in [2.75, 3.05) is 13.7 Å². The normalized spacial score (nSPS) is 26.4. The Morgan fingerprint density at radius 3 is 2.93 bits per heavy atom.